The number of halogens is 6. The molecule has 0 saturated heterocycles. The highest BCUT2D eigenvalue weighted by molar-refractivity contribution is 8.14. The summed E-state index contributed by atoms with van der Waals surface area (Å²) in [6, 6.07) is 16.0. The van der Waals surface area contributed by atoms with Crippen molar-refractivity contribution in [2.75, 3.05) is 0 Å². The van der Waals surface area contributed by atoms with Gasteiger partial charge in [0, 0.05) is 25.9 Å². The molecule has 4 aliphatic rings. The van der Waals surface area contributed by atoms with Crippen LogP contribution in [-0.4, -0.2) is 27.3 Å². The van der Waals surface area contributed by atoms with E-state index in [9.17, 15) is 0 Å². The Kier molecular flexibility index (Phi) is 5.40. The normalized spacial score (nSPS) is 30.7. The number of hydrogen-bond acceptors (Lipinski definition) is 3. The molecule has 0 amide bonds. The van der Waals surface area contributed by atoms with E-state index in [0.717, 1.165) is 5.56 Å². The third kappa shape index (κ3) is 2.91. The molecule has 6 rings (SSSR count). The summed E-state index contributed by atoms with van der Waals surface area (Å²) >= 11 is 6.88. The third-order valence-corrected chi connectivity index (χ3v) is 12.2. The Hall–Kier alpha value is -1.97. The van der Waals surface area contributed by atoms with Crippen molar-refractivity contribution >= 4 is 46.0 Å². The van der Waals surface area contributed by atoms with Crippen molar-refractivity contribution in [3.63, 3.8) is 0 Å². The van der Waals surface area contributed by atoms with Crippen molar-refractivity contribution in [3.05, 3.63) is 99.2 Å². The minimum absolute atomic E-state index is 0.114. The number of benzene rings is 2. The number of rotatable bonds is 2. The minimum Gasteiger partial charge on any atom is -0.194 e. The number of alkyl halides is 6. The first kappa shape index (κ1) is 26.3. The molecular formula is C29H22F6S3. The molecule has 2 aliphatic carbocycles. The number of thioether (sulfide) groups is 2. The summed E-state index contributed by atoms with van der Waals surface area (Å²) in [5.74, 6) is -15.7. The maximum Gasteiger partial charge on any atom is 0.380 e. The van der Waals surface area contributed by atoms with Crippen molar-refractivity contribution in [1.82, 2.24) is 0 Å². The number of allylic oxidation sites excluding steroid dienone is 4. The first-order valence-corrected chi connectivity index (χ1v) is 14.0. The Bertz CT molecular complexity index is 1530. The lowest BCUT2D eigenvalue weighted by Gasteiger charge is -2.48. The lowest BCUT2D eigenvalue weighted by molar-refractivity contribution is -0.258. The maximum absolute atomic E-state index is 15.7. The monoisotopic (exact) mass is 580 g/mol. The number of fused-ring (bicyclic) bond motifs is 4. The van der Waals surface area contributed by atoms with E-state index in [-0.39, 0.29) is 11.1 Å². The highest BCUT2D eigenvalue weighted by atomic mass is 32.2. The second-order valence-electron chi connectivity index (χ2n) is 10.3. The van der Waals surface area contributed by atoms with E-state index in [0.29, 0.717) is 31.4 Å². The summed E-state index contributed by atoms with van der Waals surface area (Å²) in [5, 5.41) is 0. The Morgan fingerprint density at radius 2 is 0.974 bits per heavy atom. The topological polar surface area (TPSA) is 0 Å². The zero-order chi connectivity index (χ0) is 27.6. The van der Waals surface area contributed by atoms with Crippen molar-refractivity contribution < 1.29 is 26.3 Å². The van der Waals surface area contributed by atoms with Crippen LogP contribution in [0.4, 0.5) is 26.3 Å². The molecule has 0 aromatic heterocycles. The van der Waals surface area contributed by atoms with Crippen LogP contribution >= 0.6 is 36.2 Å². The summed E-state index contributed by atoms with van der Waals surface area (Å²) in [7, 11) is 0. The summed E-state index contributed by atoms with van der Waals surface area (Å²) in [6.07, 6.45) is 0. The van der Waals surface area contributed by atoms with Crippen LogP contribution in [0, 0.1) is 0 Å². The second kappa shape index (κ2) is 7.82. The van der Waals surface area contributed by atoms with Crippen LogP contribution in [0.5, 0.6) is 0 Å². The molecule has 2 unspecified atom stereocenters. The van der Waals surface area contributed by atoms with Gasteiger partial charge in [0.05, 0.1) is 9.49 Å². The van der Waals surface area contributed by atoms with E-state index < -0.39 is 38.4 Å². The van der Waals surface area contributed by atoms with Gasteiger partial charge in [-0.25, -0.2) is 0 Å². The standard InChI is InChI=1S/C29H22F6S3/c1-14-19-21-22(28(32,33)29(34,35)27(21,30)31)20-15(2)24(17-10-12-18(36)13-11-17)38-26(20,4)25(19,3)37-23(14)16-8-6-5-7-9-16/h5-13,36H,1-4H3. The summed E-state index contributed by atoms with van der Waals surface area (Å²) in [5.41, 5.74) is -0.610. The molecule has 2 aliphatic heterocycles. The van der Waals surface area contributed by atoms with Crippen LogP contribution in [0.25, 0.3) is 9.81 Å². The van der Waals surface area contributed by atoms with Crippen molar-refractivity contribution in [2.45, 2.75) is 59.9 Å². The molecule has 2 aromatic rings. The first-order valence-electron chi connectivity index (χ1n) is 11.9. The van der Waals surface area contributed by atoms with Gasteiger partial charge >= 0.3 is 17.8 Å². The molecule has 0 nitrogen and oxygen atoms in total. The maximum atomic E-state index is 15.7. The van der Waals surface area contributed by atoms with E-state index in [1.54, 1.807) is 76.2 Å². The molecule has 9 heteroatoms. The van der Waals surface area contributed by atoms with Crippen LogP contribution in [0.1, 0.15) is 38.8 Å². The van der Waals surface area contributed by atoms with Gasteiger partial charge < -0.3 is 0 Å². The molecule has 2 heterocycles. The van der Waals surface area contributed by atoms with Crippen LogP contribution < -0.4 is 0 Å². The summed E-state index contributed by atoms with van der Waals surface area (Å²) < 4.78 is 90.3. The van der Waals surface area contributed by atoms with Crippen LogP contribution in [0.3, 0.4) is 0 Å². The van der Waals surface area contributed by atoms with Gasteiger partial charge in [0.2, 0.25) is 0 Å². The third-order valence-electron chi connectivity index (χ3n) is 8.24. The van der Waals surface area contributed by atoms with Gasteiger partial charge in [-0.05, 0) is 73.2 Å². The Morgan fingerprint density at radius 3 is 1.39 bits per heavy atom. The van der Waals surface area contributed by atoms with E-state index in [4.69, 9.17) is 0 Å². The van der Waals surface area contributed by atoms with Gasteiger partial charge in [0.15, 0.2) is 0 Å². The predicted molar refractivity (Wildman–Crippen MR) is 146 cm³/mol. The van der Waals surface area contributed by atoms with Crippen molar-refractivity contribution in [1.29, 1.82) is 0 Å². The second-order valence-corrected chi connectivity index (χ2v) is 13.7. The van der Waals surface area contributed by atoms with Crippen molar-refractivity contribution in [2.24, 2.45) is 0 Å². The molecule has 2 aromatic carbocycles. The quantitative estimate of drug-likeness (QED) is 0.277. The van der Waals surface area contributed by atoms with Crippen LogP contribution in [0.2, 0.25) is 0 Å². The summed E-state index contributed by atoms with van der Waals surface area (Å²) in [6.45, 7) is 6.59. The van der Waals surface area contributed by atoms with Gasteiger partial charge in [-0.1, -0.05) is 42.5 Å². The largest absolute Gasteiger partial charge is 0.380 e. The molecule has 0 bridgehead atoms. The molecule has 0 radical (unpaired) electrons. The molecule has 0 N–H and O–H groups in total. The molecule has 1 fully saturated rings. The highest BCUT2D eigenvalue weighted by Gasteiger charge is 2.84. The smallest absolute Gasteiger partial charge is 0.194 e. The van der Waals surface area contributed by atoms with E-state index in [1.807, 2.05) is 6.07 Å². The zero-order valence-electron chi connectivity index (χ0n) is 20.7. The van der Waals surface area contributed by atoms with Crippen molar-refractivity contribution in [3.8, 4) is 0 Å². The van der Waals surface area contributed by atoms with Gasteiger partial charge in [0.1, 0.15) is 0 Å². The van der Waals surface area contributed by atoms with Crippen LogP contribution in [0.15, 0.2) is 92.9 Å². The van der Waals surface area contributed by atoms with Gasteiger partial charge in [-0.3, -0.25) is 0 Å². The minimum atomic E-state index is -5.57. The molecule has 2 atom stereocenters. The lowest BCUT2D eigenvalue weighted by atomic mass is 9.68. The molecule has 0 spiro atoms. The fourth-order valence-electron chi connectivity index (χ4n) is 6.27. The average molecular weight is 581 g/mol. The number of hydrogen-bond donors (Lipinski definition) is 1. The van der Waals surface area contributed by atoms with Gasteiger partial charge in [-0.2, -0.15) is 26.3 Å². The number of thiol groups is 1. The fourth-order valence-corrected chi connectivity index (χ4v) is 9.81. The van der Waals surface area contributed by atoms with Crippen LogP contribution in [-0.2, 0) is 0 Å². The molecule has 198 valence electrons. The predicted octanol–water partition coefficient (Wildman–Crippen LogP) is 9.67. The van der Waals surface area contributed by atoms with Gasteiger partial charge in [-0.15, -0.1) is 36.2 Å². The van der Waals surface area contributed by atoms with E-state index >= 15 is 26.3 Å². The molecule has 1 saturated carbocycles. The Balaban J connectivity index is 1.73. The van der Waals surface area contributed by atoms with Gasteiger partial charge in [0.25, 0.3) is 0 Å². The van der Waals surface area contributed by atoms with E-state index in [1.165, 1.54) is 23.5 Å². The molecular weight excluding hydrogens is 559 g/mol. The van der Waals surface area contributed by atoms with E-state index in [2.05, 4.69) is 12.6 Å². The Labute approximate surface area is 230 Å². The SMILES string of the molecule is CC1=C(c2ccccc2)SC2(C)C1=C1C(=C3C(C)=C(c4ccc(S)cc4)SC32C)C(F)(F)C(F)(F)C1(F)F. The highest BCUT2D eigenvalue weighted by Crippen LogP contribution is 2.77. The fraction of sp³-hybridized carbons (Fsp3) is 0.310. The first-order chi connectivity index (χ1) is 17.6. The zero-order valence-corrected chi connectivity index (χ0v) is 23.3. The lowest BCUT2D eigenvalue weighted by Crippen LogP contribution is -2.49. The summed E-state index contributed by atoms with van der Waals surface area (Å²) in [4.78, 5) is 1.92. The molecule has 38 heavy (non-hydrogen) atoms. The Morgan fingerprint density at radius 1 is 0.579 bits per heavy atom. The average Bonchev–Trinajstić information content (AvgIpc) is 3.33.